The summed E-state index contributed by atoms with van der Waals surface area (Å²) in [5, 5.41) is 6.22. The summed E-state index contributed by atoms with van der Waals surface area (Å²) < 4.78 is 100. The summed E-state index contributed by atoms with van der Waals surface area (Å²) in [6, 6.07) is 9.65. The number of hydrogen-bond acceptors (Lipinski definition) is 6. The van der Waals surface area contributed by atoms with Gasteiger partial charge in [-0.15, -0.1) is 0 Å². The van der Waals surface area contributed by atoms with E-state index in [0.717, 1.165) is 41.8 Å². The highest BCUT2D eigenvalue weighted by Crippen LogP contribution is 2.35. The van der Waals surface area contributed by atoms with Crippen LogP contribution in [0.5, 0.6) is 5.75 Å². The van der Waals surface area contributed by atoms with Gasteiger partial charge in [0.1, 0.15) is 5.69 Å². The molecule has 9 nitrogen and oxygen atoms in total. The van der Waals surface area contributed by atoms with E-state index >= 15 is 0 Å². The second-order valence-corrected chi connectivity index (χ2v) is 11.2. The molecule has 0 radical (unpaired) electrons. The summed E-state index contributed by atoms with van der Waals surface area (Å²) in [6.45, 7) is 2.04. The Kier molecular flexibility index (Phi) is 7.42. The summed E-state index contributed by atoms with van der Waals surface area (Å²) in [5.41, 5.74) is -1.77. The Morgan fingerprint density at radius 3 is 2.46 bits per heavy atom. The second kappa shape index (κ2) is 10.7. The average Bonchev–Trinajstić information content (AvgIpc) is 3.59. The standard InChI is InChI=1S/C26H22F5N5O4S/c1-15-11-16(7-8-19(15)26(29,30)31)20-13-21(23(27)28)36-24(34-20)22(14-32-36)40-25(37)33-17-5-4-6-18(12-17)41(38,39)35-9-2-3-10-35/h4-8,11-14,23H,2-3,9-10H2,1H3,(H,33,37). The highest BCUT2D eigenvalue weighted by Gasteiger charge is 2.32. The van der Waals surface area contributed by atoms with Crippen molar-refractivity contribution in [1.82, 2.24) is 18.9 Å². The minimum absolute atomic E-state index is 0.0205. The lowest BCUT2D eigenvalue weighted by Gasteiger charge is -2.16. The van der Waals surface area contributed by atoms with Crippen LogP contribution in [0.3, 0.4) is 0 Å². The third-order valence-electron chi connectivity index (χ3n) is 6.50. The average molecular weight is 596 g/mol. The molecule has 1 saturated heterocycles. The Bertz CT molecular complexity index is 1730. The number of sulfonamides is 1. The van der Waals surface area contributed by atoms with E-state index in [2.05, 4.69) is 15.4 Å². The van der Waals surface area contributed by atoms with Gasteiger partial charge in [0.25, 0.3) is 6.43 Å². The van der Waals surface area contributed by atoms with Crippen molar-refractivity contribution in [3.63, 3.8) is 0 Å². The van der Waals surface area contributed by atoms with Crippen molar-refractivity contribution in [3.05, 3.63) is 71.5 Å². The quantitative estimate of drug-likeness (QED) is 0.272. The number of ether oxygens (including phenoxy) is 1. The number of alkyl halides is 5. The summed E-state index contributed by atoms with van der Waals surface area (Å²) in [7, 11) is -3.75. The van der Waals surface area contributed by atoms with E-state index < -0.39 is 40.0 Å². The first-order valence-electron chi connectivity index (χ1n) is 12.3. The van der Waals surface area contributed by atoms with Crippen molar-refractivity contribution in [2.24, 2.45) is 0 Å². The fraction of sp³-hybridized carbons (Fsp3) is 0.269. The normalized spacial score (nSPS) is 14.6. The smallest absolute Gasteiger partial charge is 0.404 e. The molecule has 2 aromatic carbocycles. The number of aromatic nitrogens is 3. The van der Waals surface area contributed by atoms with Crippen molar-refractivity contribution < 1.29 is 39.9 Å². The van der Waals surface area contributed by atoms with Crippen molar-refractivity contribution >= 4 is 27.5 Å². The van der Waals surface area contributed by atoms with Crippen LogP contribution in [-0.2, 0) is 16.2 Å². The highest BCUT2D eigenvalue weighted by molar-refractivity contribution is 7.89. The third-order valence-corrected chi connectivity index (χ3v) is 8.40. The largest absolute Gasteiger partial charge is 0.417 e. The van der Waals surface area contributed by atoms with Gasteiger partial charge < -0.3 is 4.74 Å². The molecule has 216 valence electrons. The van der Waals surface area contributed by atoms with Gasteiger partial charge in [0, 0.05) is 24.3 Å². The molecular formula is C26H22F5N5O4S. The number of carbonyl (C=O) groups excluding carboxylic acids is 1. The second-order valence-electron chi connectivity index (χ2n) is 9.29. The fourth-order valence-corrected chi connectivity index (χ4v) is 6.10. The maximum absolute atomic E-state index is 13.9. The van der Waals surface area contributed by atoms with E-state index in [1.807, 2.05) is 0 Å². The molecule has 1 aliphatic rings. The number of nitrogens with zero attached hydrogens (tertiary/aromatic N) is 4. The Morgan fingerprint density at radius 2 is 1.80 bits per heavy atom. The first-order chi connectivity index (χ1) is 19.3. The van der Waals surface area contributed by atoms with E-state index in [1.54, 1.807) is 0 Å². The van der Waals surface area contributed by atoms with E-state index in [1.165, 1.54) is 41.6 Å². The van der Waals surface area contributed by atoms with Gasteiger partial charge in [-0.1, -0.05) is 12.1 Å². The maximum Gasteiger partial charge on any atom is 0.417 e. The molecule has 0 atom stereocenters. The molecule has 3 heterocycles. The first-order valence-corrected chi connectivity index (χ1v) is 13.7. The molecule has 2 aromatic heterocycles. The van der Waals surface area contributed by atoms with Crippen LogP contribution in [0.15, 0.2) is 59.6 Å². The van der Waals surface area contributed by atoms with Crippen LogP contribution in [0.4, 0.5) is 32.4 Å². The minimum Gasteiger partial charge on any atom is -0.404 e. The molecule has 0 saturated carbocycles. The van der Waals surface area contributed by atoms with Crippen molar-refractivity contribution in [2.75, 3.05) is 18.4 Å². The molecule has 4 aromatic rings. The molecule has 41 heavy (non-hydrogen) atoms. The molecule has 1 amide bonds. The number of anilines is 1. The predicted molar refractivity (Wildman–Crippen MR) is 137 cm³/mol. The van der Waals surface area contributed by atoms with Crippen molar-refractivity contribution in [2.45, 2.75) is 37.3 Å². The van der Waals surface area contributed by atoms with Gasteiger partial charge in [-0.3, -0.25) is 5.32 Å². The summed E-state index contributed by atoms with van der Waals surface area (Å²) in [6.07, 6.45) is -6.21. The third kappa shape index (κ3) is 5.72. The summed E-state index contributed by atoms with van der Waals surface area (Å²) in [5.74, 6) is -0.310. The van der Waals surface area contributed by atoms with Crippen LogP contribution in [0.2, 0.25) is 0 Å². The Hall–Kier alpha value is -4.11. The van der Waals surface area contributed by atoms with Crippen molar-refractivity contribution in [3.8, 4) is 17.0 Å². The highest BCUT2D eigenvalue weighted by atomic mass is 32.2. The monoisotopic (exact) mass is 595 g/mol. The maximum atomic E-state index is 13.9. The van der Waals surface area contributed by atoms with E-state index in [9.17, 15) is 35.2 Å². The zero-order chi connectivity index (χ0) is 29.5. The summed E-state index contributed by atoms with van der Waals surface area (Å²) in [4.78, 5) is 16.9. The molecule has 0 spiro atoms. The molecule has 15 heteroatoms. The molecule has 1 aliphatic heterocycles. The van der Waals surface area contributed by atoms with Gasteiger partial charge in [0.05, 0.1) is 22.3 Å². The van der Waals surface area contributed by atoms with Crippen LogP contribution in [0, 0.1) is 6.92 Å². The molecule has 0 aliphatic carbocycles. The van der Waals surface area contributed by atoms with E-state index in [-0.39, 0.29) is 38.8 Å². The molecule has 1 fully saturated rings. The number of nitrogens with one attached hydrogen (secondary N) is 1. The van der Waals surface area contributed by atoms with Gasteiger partial charge >= 0.3 is 12.3 Å². The number of aryl methyl sites for hydroxylation is 1. The molecular weight excluding hydrogens is 573 g/mol. The van der Waals surface area contributed by atoms with Crippen LogP contribution in [0.25, 0.3) is 16.9 Å². The first kappa shape index (κ1) is 28.4. The number of fused-ring (bicyclic) bond motifs is 1. The molecule has 5 rings (SSSR count). The zero-order valence-corrected chi connectivity index (χ0v) is 22.1. The Labute approximate surface area is 230 Å². The topological polar surface area (TPSA) is 106 Å². The zero-order valence-electron chi connectivity index (χ0n) is 21.3. The SMILES string of the molecule is Cc1cc(-c2cc(C(F)F)n3ncc(OC(=O)Nc4cccc(S(=O)(=O)N5CCCC5)c4)c3n2)ccc1C(F)(F)F. The number of carbonyl (C=O) groups is 1. The van der Waals surface area contributed by atoms with Gasteiger partial charge in [0.2, 0.25) is 10.0 Å². The van der Waals surface area contributed by atoms with E-state index in [0.29, 0.717) is 13.1 Å². The number of benzene rings is 2. The number of amides is 1. The van der Waals surface area contributed by atoms with Crippen LogP contribution >= 0.6 is 0 Å². The number of hydrogen-bond donors (Lipinski definition) is 1. The summed E-state index contributed by atoms with van der Waals surface area (Å²) >= 11 is 0. The molecule has 0 unspecified atom stereocenters. The van der Waals surface area contributed by atoms with Gasteiger partial charge in [0.15, 0.2) is 11.4 Å². The molecule has 0 bridgehead atoms. The lowest BCUT2D eigenvalue weighted by Crippen LogP contribution is -2.28. The predicted octanol–water partition coefficient (Wildman–Crippen LogP) is 6.06. The number of rotatable bonds is 6. The fourth-order valence-electron chi connectivity index (χ4n) is 4.54. The van der Waals surface area contributed by atoms with Crippen molar-refractivity contribution in [1.29, 1.82) is 0 Å². The minimum atomic E-state index is -4.59. The Morgan fingerprint density at radius 1 is 1.07 bits per heavy atom. The van der Waals surface area contributed by atoms with Crippen LogP contribution in [0.1, 0.15) is 36.1 Å². The van der Waals surface area contributed by atoms with Crippen LogP contribution in [-0.4, -0.2) is 46.5 Å². The van der Waals surface area contributed by atoms with Gasteiger partial charge in [-0.2, -0.15) is 22.6 Å². The molecule has 1 N–H and O–H groups in total. The van der Waals surface area contributed by atoms with E-state index in [4.69, 9.17) is 4.74 Å². The van der Waals surface area contributed by atoms with Gasteiger partial charge in [-0.05, 0) is 61.7 Å². The van der Waals surface area contributed by atoms with Gasteiger partial charge in [-0.25, -0.2) is 31.5 Å². The Balaban J connectivity index is 1.43. The van der Waals surface area contributed by atoms with Crippen LogP contribution < -0.4 is 10.1 Å². The lowest BCUT2D eigenvalue weighted by molar-refractivity contribution is -0.138. The number of halogens is 5. The lowest BCUT2D eigenvalue weighted by atomic mass is 10.0.